The van der Waals surface area contributed by atoms with Crippen molar-refractivity contribution in [2.45, 2.75) is 87.8 Å². The molecule has 5 heteroatoms. The lowest BCUT2D eigenvalue weighted by molar-refractivity contribution is -0.281. The molecule has 5 nitrogen and oxygen atoms in total. The molecule has 0 radical (unpaired) electrons. The largest absolute Gasteiger partial charge is 0.386 e. The molecule has 29 heavy (non-hydrogen) atoms. The van der Waals surface area contributed by atoms with Gasteiger partial charge in [-0.25, -0.2) is 0 Å². The van der Waals surface area contributed by atoms with Gasteiger partial charge in [-0.3, -0.25) is 0 Å². The molecule has 160 valence electrons. The summed E-state index contributed by atoms with van der Waals surface area (Å²) < 4.78 is 18.1. The molecule has 4 aliphatic carbocycles. The van der Waals surface area contributed by atoms with Gasteiger partial charge in [0.25, 0.3) is 0 Å². The molecular formula is C24H34O5. The minimum Gasteiger partial charge on any atom is -0.386 e. The Morgan fingerprint density at radius 1 is 1.10 bits per heavy atom. The van der Waals surface area contributed by atoms with Crippen LogP contribution in [0.5, 0.6) is 0 Å². The Labute approximate surface area is 173 Å². The average Bonchev–Trinajstić information content (AvgIpc) is 3.24. The Hall–Kier alpha value is -0.900. The topological polar surface area (TPSA) is 68.2 Å². The highest BCUT2D eigenvalue weighted by Crippen LogP contribution is 2.66. The van der Waals surface area contributed by atoms with Gasteiger partial charge in [-0.1, -0.05) is 18.9 Å². The quantitative estimate of drug-likeness (QED) is 0.521. The number of ether oxygens (including phenoxy) is 3. The third-order valence-corrected chi connectivity index (χ3v) is 9.21. The minimum absolute atomic E-state index is 0.248. The summed E-state index contributed by atoms with van der Waals surface area (Å²) in [6, 6.07) is 0. The Balaban J connectivity index is 1.54. The number of fused-ring (bicyclic) bond motifs is 5. The van der Waals surface area contributed by atoms with E-state index in [1.165, 1.54) is 5.57 Å². The molecule has 2 unspecified atom stereocenters. The molecular weight excluding hydrogens is 368 g/mol. The summed E-state index contributed by atoms with van der Waals surface area (Å²) >= 11 is 0. The van der Waals surface area contributed by atoms with Crippen LogP contribution in [-0.2, 0) is 14.2 Å². The SMILES string of the molecule is CC#C[C@@]1(O)CCC2C3CC[C@@]4(O)CC5(CC[C@]4(OC)C3=CC[C@]21C)OCCO5. The van der Waals surface area contributed by atoms with Crippen LogP contribution < -0.4 is 0 Å². The number of hydrogen-bond donors (Lipinski definition) is 2. The third kappa shape index (κ3) is 2.41. The molecule has 1 saturated heterocycles. The van der Waals surface area contributed by atoms with E-state index in [0.29, 0.717) is 44.3 Å². The normalized spacial score (nSPS) is 50.2. The van der Waals surface area contributed by atoms with Gasteiger partial charge in [-0.2, -0.15) is 0 Å². The van der Waals surface area contributed by atoms with E-state index >= 15 is 0 Å². The molecule has 6 atom stereocenters. The number of methoxy groups -OCH3 is 1. The first-order chi connectivity index (χ1) is 13.8. The van der Waals surface area contributed by atoms with Gasteiger partial charge >= 0.3 is 0 Å². The molecule has 4 fully saturated rings. The molecule has 0 aromatic rings. The monoisotopic (exact) mass is 402 g/mol. The van der Waals surface area contributed by atoms with E-state index in [4.69, 9.17) is 14.2 Å². The molecule has 0 aromatic heterocycles. The van der Waals surface area contributed by atoms with Crippen LogP contribution in [0.4, 0.5) is 0 Å². The van der Waals surface area contributed by atoms with Gasteiger partial charge in [-0.05, 0) is 62.9 Å². The van der Waals surface area contributed by atoms with E-state index in [-0.39, 0.29) is 5.41 Å². The van der Waals surface area contributed by atoms with Crippen molar-refractivity contribution in [2.24, 2.45) is 17.3 Å². The van der Waals surface area contributed by atoms with Crippen molar-refractivity contribution >= 4 is 0 Å². The van der Waals surface area contributed by atoms with Gasteiger partial charge in [0.2, 0.25) is 0 Å². The maximum Gasteiger partial charge on any atom is 0.171 e. The van der Waals surface area contributed by atoms with Crippen molar-refractivity contribution in [3.05, 3.63) is 11.6 Å². The lowest BCUT2D eigenvalue weighted by atomic mass is 9.50. The first-order valence-corrected chi connectivity index (χ1v) is 11.2. The molecule has 5 rings (SSSR count). The summed E-state index contributed by atoms with van der Waals surface area (Å²) in [5.74, 6) is 6.13. The van der Waals surface area contributed by atoms with E-state index in [1.54, 1.807) is 7.11 Å². The fourth-order valence-electron chi connectivity index (χ4n) is 7.69. The van der Waals surface area contributed by atoms with Gasteiger partial charge in [0, 0.05) is 25.4 Å². The second-order valence-corrected chi connectivity index (χ2v) is 10.2. The molecule has 3 saturated carbocycles. The van der Waals surface area contributed by atoms with Crippen LogP contribution in [0.25, 0.3) is 0 Å². The van der Waals surface area contributed by atoms with Crippen LogP contribution in [0, 0.1) is 29.1 Å². The minimum atomic E-state index is -0.988. The first-order valence-electron chi connectivity index (χ1n) is 11.2. The zero-order chi connectivity index (χ0) is 20.5. The van der Waals surface area contributed by atoms with Crippen LogP contribution in [0.3, 0.4) is 0 Å². The highest BCUT2D eigenvalue weighted by Gasteiger charge is 2.68. The molecule has 5 aliphatic rings. The van der Waals surface area contributed by atoms with E-state index in [1.807, 2.05) is 6.92 Å². The van der Waals surface area contributed by atoms with Gasteiger partial charge in [0.05, 0.1) is 13.2 Å². The van der Waals surface area contributed by atoms with E-state index in [9.17, 15) is 10.2 Å². The summed E-state index contributed by atoms with van der Waals surface area (Å²) in [4.78, 5) is 0. The predicted molar refractivity (Wildman–Crippen MR) is 108 cm³/mol. The lowest BCUT2D eigenvalue weighted by Crippen LogP contribution is -2.68. The summed E-state index contributed by atoms with van der Waals surface area (Å²) in [5.41, 5.74) is -1.60. The second kappa shape index (κ2) is 6.31. The predicted octanol–water partition coefficient (Wildman–Crippen LogP) is 2.94. The van der Waals surface area contributed by atoms with Crippen molar-refractivity contribution in [2.75, 3.05) is 20.3 Å². The van der Waals surface area contributed by atoms with Crippen molar-refractivity contribution in [3.63, 3.8) is 0 Å². The van der Waals surface area contributed by atoms with Crippen LogP contribution in [0.2, 0.25) is 0 Å². The number of rotatable bonds is 1. The zero-order valence-electron chi connectivity index (χ0n) is 17.9. The van der Waals surface area contributed by atoms with Crippen LogP contribution in [0.15, 0.2) is 11.6 Å². The van der Waals surface area contributed by atoms with Crippen molar-refractivity contribution < 1.29 is 24.4 Å². The fraction of sp³-hybridized carbons (Fsp3) is 0.833. The standard InChI is InChI=1S/C24H34O5/c1-4-8-21(25)11-7-18-17-5-10-22(26)16-23(28-14-15-29-23)12-13-24(22,27-3)19(17)6-9-20(18,21)2/h6,17-18,25-26H,5,7,9-16H2,1-3H3/t17?,18?,20-,21-,22-,24+/m1/s1. The van der Waals surface area contributed by atoms with E-state index in [2.05, 4.69) is 24.8 Å². The smallest absolute Gasteiger partial charge is 0.171 e. The number of allylic oxidation sites excluding steroid dienone is 1. The van der Waals surface area contributed by atoms with Gasteiger partial charge < -0.3 is 24.4 Å². The average molecular weight is 403 g/mol. The molecule has 1 spiro atoms. The van der Waals surface area contributed by atoms with E-state index < -0.39 is 22.6 Å². The fourth-order valence-corrected chi connectivity index (χ4v) is 7.69. The van der Waals surface area contributed by atoms with E-state index in [0.717, 1.165) is 32.1 Å². The number of aliphatic hydroxyl groups is 2. The Bertz CT molecular complexity index is 789. The summed E-state index contributed by atoms with van der Waals surface area (Å²) in [6.45, 7) is 5.21. The molecule has 2 N–H and O–H groups in total. The summed E-state index contributed by atoms with van der Waals surface area (Å²) in [5, 5.41) is 23.3. The maximum absolute atomic E-state index is 11.9. The first kappa shape index (κ1) is 20.0. The molecule has 1 heterocycles. The lowest BCUT2D eigenvalue weighted by Gasteiger charge is -2.61. The number of hydrogen-bond acceptors (Lipinski definition) is 5. The molecule has 0 amide bonds. The van der Waals surface area contributed by atoms with Gasteiger partial charge in [0.1, 0.15) is 16.8 Å². The third-order valence-electron chi connectivity index (χ3n) is 9.21. The van der Waals surface area contributed by atoms with Crippen molar-refractivity contribution in [1.82, 2.24) is 0 Å². The highest BCUT2D eigenvalue weighted by molar-refractivity contribution is 5.38. The molecule has 0 bridgehead atoms. The van der Waals surface area contributed by atoms with Crippen molar-refractivity contribution in [3.8, 4) is 11.8 Å². The van der Waals surface area contributed by atoms with Crippen LogP contribution in [0.1, 0.15) is 65.2 Å². The van der Waals surface area contributed by atoms with Gasteiger partial charge in [-0.15, -0.1) is 5.92 Å². The van der Waals surface area contributed by atoms with Crippen molar-refractivity contribution in [1.29, 1.82) is 0 Å². The molecule has 1 aliphatic heterocycles. The zero-order valence-corrected chi connectivity index (χ0v) is 17.9. The Morgan fingerprint density at radius 2 is 1.86 bits per heavy atom. The summed E-state index contributed by atoms with van der Waals surface area (Å²) in [6.07, 6.45) is 8.21. The highest BCUT2D eigenvalue weighted by atomic mass is 16.7. The Morgan fingerprint density at radius 3 is 2.55 bits per heavy atom. The molecule has 0 aromatic carbocycles. The maximum atomic E-state index is 11.9. The Kier molecular flexibility index (Phi) is 4.36. The van der Waals surface area contributed by atoms with Gasteiger partial charge in [0.15, 0.2) is 5.79 Å². The summed E-state index contributed by atoms with van der Waals surface area (Å²) in [7, 11) is 1.74. The van der Waals surface area contributed by atoms with Crippen LogP contribution in [-0.4, -0.2) is 53.1 Å². The second-order valence-electron chi connectivity index (χ2n) is 10.2. The van der Waals surface area contributed by atoms with Crippen LogP contribution >= 0.6 is 0 Å².